The van der Waals surface area contributed by atoms with Crippen LogP contribution in [0, 0.1) is 0 Å². The number of ether oxygens (including phenoxy) is 1. The first-order chi connectivity index (χ1) is 9.69. The molecule has 2 aliphatic carbocycles. The van der Waals surface area contributed by atoms with Gasteiger partial charge in [0.05, 0.1) is 6.54 Å². The molecule has 3 aliphatic rings. The normalized spacial score (nSPS) is 21.9. The van der Waals surface area contributed by atoms with Crippen molar-refractivity contribution < 1.29 is 27.3 Å². The van der Waals surface area contributed by atoms with Gasteiger partial charge in [0.25, 0.3) is 5.91 Å². The number of hydrogen-bond donors (Lipinski definition) is 2. The predicted molar refractivity (Wildman–Crippen MR) is 72.3 cm³/mol. The number of amides is 2. The molecule has 0 saturated carbocycles. The van der Waals surface area contributed by atoms with Gasteiger partial charge in [-0.3, -0.25) is 14.1 Å². The maximum atomic E-state index is 11.3. The van der Waals surface area contributed by atoms with Crippen molar-refractivity contribution in [1.29, 1.82) is 0 Å². The summed E-state index contributed by atoms with van der Waals surface area (Å²) in [6.45, 7) is 0.713. The molecule has 1 aliphatic heterocycles. The van der Waals surface area contributed by atoms with Crippen LogP contribution < -0.4 is 5.32 Å². The average molecular weight is 314 g/mol. The van der Waals surface area contributed by atoms with Crippen molar-refractivity contribution in [3.05, 3.63) is 24.3 Å². The molecule has 3 rings (SSSR count). The third-order valence-electron chi connectivity index (χ3n) is 3.06. The Kier molecular flexibility index (Phi) is 3.74. The Hall–Kier alpha value is -1.97. The standard InChI is InChI=1S/C6H10N2O6S.C6H4/c1-4(9)7-6(14-2)3-8(5(6)10)15(11,12)13;1-2-5-4-6(5)3-1/h3H2,1-2H3,(H,7,9)(H,11,12,13);1-4H. The first-order valence-electron chi connectivity index (χ1n) is 5.93. The van der Waals surface area contributed by atoms with Crippen molar-refractivity contribution in [2.75, 3.05) is 13.7 Å². The number of fused-ring (bicyclic) bond motifs is 1. The summed E-state index contributed by atoms with van der Waals surface area (Å²) in [5, 5.41) is 2.17. The van der Waals surface area contributed by atoms with Crippen molar-refractivity contribution in [2.24, 2.45) is 0 Å². The molecule has 1 heterocycles. The highest BCUT2D eigenvalue weighted by Crippen LogP contribution is 2.32. The molecular formula is C12H14N2O6S. The molecule has 2 N–H and O–H groups in total. The number of benzene rings is 1. The zero-order valence-electron chi connectivity index (χ0n) is 11.4. The van der Waals surface area contributed by atoms with Gasteiger partial charge in [-0.2, -0.15) is 8.42 Å². The second-order valence-corrected chi connectivity index (χ2v) is 5.92. The van der Waals surface area contributed by atoms with Crippen molar-refractivity contribution in [1.82, 2.24) is 9.62 Å². The molecule has 1 unspecified atom stereocenters. The average Bonchev–Trinajstić information content (AvgIpc) is 2.99. The third kappa shape index (κ3) is 3.04. The van der Waals surface area contributed by atoms with E-state index in [2.05, 4.69) is 29.6 Å². The second-order valence-electron chi connectivity index (χ2n) is 4.58. The third-order valence-corrected chi connectivity index (χ3v) is 3.91. The highest BCUT2D eigenvalue weighted by Gasteiger charge is 2.58. The van der Waals surface area contributed by atoms with E-state index < -0.39 is 34.4 Å². The molecule has 21 heavy (non-hydrogen) atoms. The minimum atomic E-state index is -4.58. The van der Waals surface area contributed by atoms with E-state index in [1.165, 1.54) is 11.1 Å². The molecule has 0 spiro atoms. The number of nitrogens with zero attached hydrogens (tertiary/aromatic N) is 1. The van der Waals surface area contributed by atoms with Crippen molar-refractivity contribution in [3.63, 3.8) is 0 Å². The van der Waals surface area contributed by atoms with Crippen molar-refractivity contribution >= 4 is 22.1 Å². The Morgan fingerprint density at radius 1 is 1.43 bits per heavy atom. The molecule has 8 nitrogen and oxygen atoms in total. The fraction of sp³-hybridized carbons (Fsp3) is 0.333. The lowest BCUT2D eigenvalue weighted by Gasteiger charge is -2.44. The highest BCUT2D eigenvalue weighted by atomic mass is 32.2. The van der Waals surface area contributed by atoms with Gasteiger partial charge in [-0.25, -0.2) is 4.31 Å². The number of methoxy groups -OCH3 is 1. The Bertz CT molecular complexity index is 684. The maximum Gasteiger partial charge on any atom is 0.362 e. The second kappa shape index (κ2) is 5.10. The van der Waals surface area contributed by atoms with E-state index in [-0.39, 0.29) is 4.31 Å². The van der Waals surface area contributed by atoms with Crippen LogP contribution in [0.15, 0.2) is 24.3 Å². The number of β-lactam (4-membered cyclic amide) rings is 1. The fourth-order valence-corrected chi connectivity index (χ4v) is 2.60. The number of nitrogens with one attached hydrogen (secondary N) is 1. The molecule has 9 heteroatoms. The minimum Gasteiger partial charge on any atom is -0.349 e. The summed E-state index contributed by atoms with van der Waals surface area (Å²) in [6, 6.07) is 8.48. The summed E-state index contributed by atoms with van der Waals surface area (Å²) in [4.78, 5) is 22.1. The Balaban J connectivity index is 0.000000218. The minimum absolute atomic E-state index is 0.201. The SMILES string of the molecule is COC1(NC(C)=O)CN(S(=O)(=O)O)C1=O.c1cc2cc-2c1. The van der Waals surface area contributed by atoms with Crippen LogP contribution in [0.2, 0.25) is 0 Å². The lowest BCUT2D eigenvalue weighted by molar-refractivity contribution is -0.179. The van der Waals surface area contributed by atoms with Crippen LogP contribution in [0.5, 0.6) is 0 Å². The van der Waals surface area contributed by atoms with Crippen LogP contribution in [0.1, 0.15) is 6.92 Å². The predicted octanol–water partition coefficient (Wildman–Crippen LogP) is -0.223. The molecular weight excluding hydrogens is 300 g/mol. The van der Waals surface area contributed by atoms with Gasteiger partial charge < -0.3 is 10.1 Å². The summed E-state index contributed by atoms with van der Waals surface area (Å²) in [5.41, 5.74) is 1.17. The summed E-state index contributed by atoms with van der Waals surface area (Å²) < 4.78 is 34.7. The van der Waals surface area contributed by atoms with Gasteiger partial charge in [-0.1, -0.05) is 18.2 Å². The van der Waals surface area contributed by atoms with Gasteiger partial charge in [0.1, 0.15) is 0 Å². The zero-order chi connectivity index (χ0) is 15.8. The molecule has 1 atom stereocenters. The van der Waals surface area contributed by atoms with Crippen LogP contribution in [-0.4, -0.2) is 48.5 Å². The van der Waals surface area contributed by atoms with Gasteiger partial charge in [0, 0.05) is 14.0 Å². The molecule has 0 aromatic heterocycles. The van der Waals surface area contributed by atoms with E-state index in [9.17, 15) is 18.0 Å². The first kappa shape index (κ1) is 15.4. The number of carbonyl (C=O) groups is 2. The molecule has 0 radical (unpaired) electrons. The number of hydrogen-bond acceptors (Lipinski definition) is 5. The van der Waals surface area contributed by atoms with Gasteiger partial charge in [0.15, 0.2) is 0 Å². The monoisotopic (exact) mass is 314 g/mol. The van der Waals surface area contributed by atoms with Gasteiger partial charge in [-0.15, -0.1) is 0 Å². The molecule has 1 saturated heterocycles. The number of rotatable bonds is 3. The van der Waals surface area contributed by atoms with Crippen LogP contribution in [0.3, 0.4) is 0 Å². The lowest BCUT2D eigenvalue weighted by Crippen LogP contribution is -2.75. The quantitative estimate of drug-likeness (QED) is 0.460. The maximum absolute atomic E-state index is 11.3. The van der Waals surface area contributed by atoms with E-state index in [1.807, 2.05) is 0 Å². The van der Waals surface area contributed by atoms with Crippen molar-refractivity contribution in [2.45, 2.75) is 12.6 Å². The Labute approximate surface area is 121 Å². The molecule has 114 valence electrons. The Morgan fingerprint density at radius 3 is 2.24 bits per heavy atom. The van der Waals surface area contributed by atoms with E-state index >= 15 is 0 Å². The van der Waals surface area contributed by atoms with Gasteiger partial charge in [0.2, 0.25) is 11.6 Å². The summed E-state index contributed by atoms with van der Waals surface area (Å²) in [7, 11) is -3.43. The van der Waals surface area contributed by atoms with Gasteiger partial charge >= 0.3 is 10.3 Å². The van der Waals surface area contributed by atoms with Crippen molar-refractivity contribution in [3.8, 4) is 11.1 Å². The zero-order valence-corrected chi connectivity index (χ0v) is 12.2. The topological polar surface area (TPSA) is 113 Å². The summed E-state index contributed by atoms with van der Waals surface area (Å²) in [6.07, 6.45) is 0. The first-order valence-corrected chi connectivity index (χ1v) is 7.33. The molecule has 0 aromatic rings. The van der Waals surface area contributed by atoms with E-state index in [0.717, 1.165) is 14.0 Å². The van der Waals surface area contributed by atoms with Crippen LogP contribution in [-0.2, 0) is 24.6 Å². The molecule has 1 fully saturated rings. The molecule has 0 aromatic carbocycles. The molecule has 0 bridgehead atoms. The summed E-state index contributed by atoms with van der Waals surface area (Å²) >= 11 is 0. The highest BCUT2D eigenvalue weighted by molar-refractivity contribution is 7.84. The lowest BCUT2D eigenvalue weighted by atomic mass is 10.1. The summed E-state index contributed by atoms with van der Waals surface area (Å²) in [5.74, 6) is -1.57. The van der Waals surface area contributed by atoms with E-state index in [0.29, 0.717) is 0 Å². The van der Waals surface area contributed by atoms with Crippen LogP contribution in [0.25, 0.3) is 11.1 Å². The fourth-order valence-electron chi connectivity index (χ4n) is 1.89. The largest absolute Gasteiger partial charge is 0.362 e. The smallest absolute Gasteiger partial charge is 0.349 e. The van der Waals surface area contributed by atoms with Crippen LogP contribution >= 0.6 is 0 Å². The molecule has 2 amide bonds. The van der Waals surface area contributed by atoms with Gasteiger partial charge in [-0.05, 0) is 17.2 Å². The van der Waals surface area contributed by atoms with E-state index in [4.69, 9.17) is 9.29 Å². The number of carbonyl (C=O) groups excluding carboxylic acids is 2. The van der Waals surface area contributed by atoms with E-state index in [1.54, 1.807) is 0 Å². The van der Waals surface area contributed by atoms with Crippen LogP contribution in [0.4, 0.5) is 0 Å². The Morgan fingerprint density at radius 2 is 2.00 bits per heavy atom.